The molecule has 0 saturated carbocycles. The van der Waals surface area contributed by atoms with Crippen LogP contribution in [0.1, 0.15) is 36.5 Å². The number of anilines is 1. The Morgan fingerprint density at radius 1 is 1.06 bits per heavy atom. The Kier molecular flexibility index (Phi) is 6.32. The number of halogens is 1. The van der Waals surface area contributed by atoms with Crippen LogP contribution in [-0.4, -0.2) is 29.5 Å². The van der Waals surface area contributed by atoms with Crippen LogP contribution in [0.5, 0.6) is 11.5 Å². The molecule has 2 aliphatic rings. The molecule has 1 fully saturated rings. The van der Waals surface area contributed by atoms with Gasteiger partial charge in [-0.05, 0) is 43.7 Å². The van der Waals surface area contributed by atoms with Crippen LogP contribution in [0.4, 0.5) is 5.69 Å². The average molecular weight is 508 g/mol. The molecular formula is C27H26ClN3O5. The first-order chi connectivity index (χ1) is 17.4. The summed E-state index contributed by atoms with van der Waals surface area (Å²) < 4.78 is 11.9. The molecule has 1 amide bonds. The summed E-state index contributed by atoms with van der Waals surface area (Å²) in [4.78, 5) is 25.4. The number of hydrogen-bond donors (Lipinski definition) is 2. The third-order valence-electron chi connectivity index (χ3n) is 6.96. The van der Waals surface area contributed by atoms with Crippen molar-refractivity contribution in [2.75, 3.05) is 11.9 Å². The number of para-hydroxylation sites is 1. The molecule has 2 N–H and O–H groups in total. The fourth-order valence-corrected chi connectivity index (χ4v) is 5.63. The Balaban J connectivity index is 1.51. The van der Waals surface area contributed by atoms with E-state index in [2.05, 4.69) is 10.6 Å². The van der Waals surface area contributed by atoms with E-state index in [0.717, 1.165) is 5.56 Å². The second kappa shape index (κ2) is 9.44. The van der Waals surface area contributed by atoms with Crippen molar-refractivity contribution in [3.05, 3.63) is 98.6 Å². The number of carbonyl (C=O) groups excluding carboxylic acids is 1. The first-order valence-electron chi connectivity index (χ1n) is 11.8. The minimum absolute atomic E-state index is 0.248. The van der Waals surface area contributed by atoms with Gasteiger partial charge in [0.1, 0.15) is 6.61 Å². The number of nitrogens with one attached hydrogen (secondary N) is 2. The van der Waals surface area contributed by atoms with Crippen molar-refractivity contribution < 1.29 is 19.2 Å². The van der Waals surface area contributed by atoms with Crippen molar-refractivity contribution in [3.8, 4) is 11.5 Å². The summed E-state index contributed by atoms with van der Waals surface area (Å²) in [6, 6.07) is 18.3. The second-order valence-electron chi connectivity index (χ2n) is 9.02. The molecule has 0 aliphatic carbocycles. The molecule has 0 bridgehead atoms. The monoisotopic (exact) mass is 507 g/mol. The molecule has 8 nitrogen and oxygen atoms in total. The van der Waals surface area contributed by atoms with Gasteiger partial charge in [0, 0.05) is 32.8 Å². The minimum atomic E-state index is -1.46. The van der Waals surface area contributed by atoms with Gasteiger partial charge in [-0.1, -0.05) is 54.1 Å². The minimum Gasteiger partial charge on any atom is -0.490 e. The quantitative estimate of drug-likeness (QED) is 0.349. The number of carbonyl (C=O) groups is 1. The number of rotatable bonds is 7. The third-order valence-corrected chi connectivity index (χ3v) is 7.33. The van der Waals surface area contributed by atoms with E-state index in [4.69, 9.17) is 21.1 Å². The summed E-state index contributed by atoms with van der Waals surface area (Å²) in [6.07, 6.45) is 0. The molecule has 186 valence electrons. The molecule has 1 saturated heterocycles. The van der Waals surface area contributed by atoms with Crippen molar-refractivity contribution in [2.24, 2.45) is 0 Å². The third kappa shape index (κ3) is 3.86. The largest absolute Gasteiger partial charge is 0.490 e. The molecule has 5 rings (SSSR count). The van der Waals surface area contributed by atoms with E-state index >= 15 is 0 Å². The van der Waals surface area contributed by atoms with Crippen LogP contribution in [0.2, 0.25) is 5.02 Å². The van der Waals surface area contributed by atoms with Crippen LogP contribution in [0.3, 0.4) is 0 Å². The maximum Gasteiger partial charge on any atom is 0.256 e. The Bertz CT molecular complexity index is 1330. The average Bonchev–Trinajstić information content (AvgIpc) is 3.33. The molecule has 3 aromatic rings. The number of nitrogens with zero attached hydrogens (tertiary/aromatic N) is 1. The normalized spacial score (nSPS) is 24.4. The van der Waals surface area contributed by atoms with E-state index in [1.165, 1.54) is 0 Å². The Morgan fingerprint density at radius 2 is 1.81 bits per heavy atom. The van der Waals surface area contributed by atoms with E-state index in [9.17, 15) is 14.9 Å². The summed E-state index contributed by atoms with van der Waals surface area (Å²) >= 11 is 6.26. The van der Waals surface area contributed by atoms with E-state index in [-0.39, 0.29) is 17.6 Å². The highest BCUT2D eigenvalue weighted by Crippen LogP contribution is 2.50. The molecule has 3 aromatic carbocycles. The second-order valence-corrected chi connectivity index (χ2v) is 9.42. The Hall–Kier alpha value is -3.62. The zero-order chi connectivity index (χ0) is 25.4. The van der Waals surface area contributed by atoms with Crippen LogP contribution >= 0.6 is 11.6 Å². The summed E-state index contributed by atoms with van der Waals surface area (Å²) in [5.41, 5.74) is 1.25. The molecule has 2 heterocycles. The first kappa shape index (κ1) is 24.1. The lowest BCUT2D eigenvalue weighted by Gasteiger charge is -2.25. The SMILES string of the molecule is CCOc1cc([C@@H]2[C@H](C)N[C@@]3(C(=O)Nc4ccccc43)[C@H]2[N+](=O)[O-])ccc1OCc1ccccc1Cl. The van der Waals surface area contributed by atoms with E-state index < -0.39 is 23.4 Å². The van der Waals surface area contributed by atoms with Crippen LogP contribution in [0.25, 0.3) is 0 Å². The van der Waals surface area contributed by atoms with E-state index in [1.54, 1.807) is 42.5 Å². The first-order valence-corrected chi connectivity index (χ1v) is 12.2. The molecule has 0 unspecified atom stereocenters. The van der Waals surface area contributed by atoms with Crippen LogP contribution in [0, 0.1) is 10.1 Å². The van der Waals surface area contributed by atoms with Gasteiger partial charge in [0.15, 0.2) is 17.0 Å². The summed E-state index contributed by atoms with van der Waals surface area (Å²) in [7, 11) is 0. The van der Waals surface area contributed by atoms with Gasteiger partial charge in [-0.2, -0.15) is 0 Å². The molecular weight excluding hydrogens is 482 g/mol. The Morgan fingerprint density at radius 3 is 2.56 bits per heavy atom. The van der Waals surface area contributed by atoms with Gasteiger partial charge in [-0.25, -0.2) is 0 Å². The molecule has 36 heavy (non-hydrogen) atoms. The predicted molar refractivity (Wildman–Crippen MR) is 136 cm³/mol. The number of nitro groups is 1. The lowest BCUT2D eigenvalue weighted by atomic mass is 9.78. The van der Waals surface area contributed by atoms with Crippen molar-refractivity contribution >= 4 is 23.2 Å². The molecule has 1 spiro atoms. The van der Waals surface area contributed by atoms with Gasteiger partial charge in [0.05, 0.1) is 12.5 Å². The molecule has 9 heteroatoms. The molecule has 4 atom stereocenters. The molecule has 0 aromatic heterocycles. The zero-order valence-corrected chi connectivity index (χ0v) is 20.6. The fourth-order valence-electron chi connectivity index (χ4n) is 5.44. The van der Waals surface area contributed by atoms with Crippen molar-refractivity contribution in [1.29, 1.82) is 0 Å². The lowest BCUT2D eigenvalue weighted by Crippen LogP contribution is -2.54. The summed E-state index contributed by atoms with van der Waals surface area (Å²) in [6.45, 7) is 4.37. The number of fused-ring (bicyclic) bond motifs is 2. The number of hydrogen-bond acceptors (Lipinski definition) is 6. The van der Waals surface area contributed by atoms with Crippen LogP contribution < -0.4 is 20.1 Å². The van der Waals surface area contributed by atoms with Gasteiger partial charge in [0.25, 0.3) is 11.9 Å². The standard InChI is InChI=1S/C27H26ClN3O5/c1-3-35-23-14-17(12-13-22(23)36-15-18-8-4-6-10-20(18)28)24-16(2)30-27(25(24)31(33)34)19-9-5-7-11-21(19)29-26(27)32/h4-14,16,24-25,30H,3,15H2,1-2H3,(H,29,32)/t16-,24-,25-,27+/m0/s1. The number of ether oxygens (including phenoxy) is 2. The highest BCUT2D eigenvalue weighted by Gasteiger charge is 2.67. The van der Waals surface area contributed by atoms with Crippen LogP contribution in [0.15, 0.2) is 66.7 Å². The maximum atomic E-state index is 13.2. The van der Waals surface area contributed by atoms with E-state index in [0.29, 0.717) is 39.9 Å². The zero-order valence-electron chi connectivity index (χ0n) is 19.9. The van der Waals surface area contributed by atoms with Gasteiger partial charge in [0.2, 0.25) is 0 Å². The van der Waals surface area contributed by atoms with E-state index in [1.807, 2.05) is 38.1 Å². The van der Waals surface area contributed by atoms with Crippen molar-refractivity contribution in [1.82, 2.24) is 5.32 Å². The Labute approximate surface area is 213 Å². The van der Waals surface area contributed by atoms with Gasteiger partial charge < -0.3 is 14.8 Å². The number of amides is 1. The number of benzene rings is 3. The highest BCUT2D eigenvalue weighted by atomic mass is 35.5. The van der Waals surface area contributed by atoms with Gasteiger partial charge >= 0.3 is 0 Å². The van der Waals surface area contributed by atoms with Crippen molar-refractivity contribution in [3.63, 3.8) is 0 Å². The summed E-state index contributed by atoms with van der Waals surface area (Å²) in [5, 5.41) is 19.3. The van der Waals surface area contributed by atoms with Crippen molar-refractivity contribution in [2.45, 2.75) is 44.0 Å². The van der Waals surface area contributed by atoms with Crippen LogP contribution in [-0.2, 0) is 16.9 Å². The lowest BCUT2D eigenvalue weighted by molar-refractivity contribution is -0.532. The maximum absolute atomic E-state index is 13.2. The highest BCUT2D eigenvalue weighted by molar-refractivity contribution is 6.31. The topological polar surface area (TPSA) is 103 Å². The molecule has 2 aliphatic heterocycles. The van der Waals surface area contributed by atoms with Gasteiger partial charge in [-0.15, -0.1) is 0 Å². The summed E-state index contributed by atoms with van der Waals surface area (Å²) in [5.74, 6) is -0.0118. The molecule has 0 radical (unpaired) electrons. The fraction of sp³-hybridized carbons (Fsp3) is 0.296. The van der Waals surface area contributed by atoms with Gasteiger partial charge in [-0.3, -0.25) is 20.2 Å². The smallest absolute Gasteiger partial charge is 0.256 e. The predicted octanol–water partition coefficient (Wildman–Crippen LogP) is 4.89.